The lowest BCUT2D eigenvalue weighted by molar-refractivity contribution is -0.137. The number of rotatable bonds is 2. The highest BCUT2D eigenvalue weighted by atomic mass is 35.5. The lowest BCUT2D eigenvalue weighted by Crippen LogP contribution is -2.31. The molecule has 2 aromatic rings. The van der Waals surface area contributed by atoms with E-state index in [1.807, 2.05) is 0 Å². The van der Waals surface area contributed by atoms with Crippen molar-refractivity contribution in [2.45, 2.75) is 12.6 Å². The van der Waals surface area contributed by atoms with Gasteiger partial charge in [0.25, 0.3) is 5.56 Å². The molecule has 1 aliphatic rings. The van der Waals surface area contributed by atoms with Crippen LogP contribution in [-0.4, -0.2) is 40.3 Å². The standard InChI is InChI=1S/C15H13ClF3N5O2/c16-13-10(23-5-3-12(25)20-4-6-23)8-22-24(14(13)26)11-2-1-9(7-21-11)15(17,18)19/h1-2,7-8H,3-6H2,(H,20,25). The van der Waals surface area contributed by atoms with Gasteiger partial charge in [0.2, 0.25) is 5.91 Å². The van der Waals surface area contributed by atoms with Crippen LogP contribution in [-0.2, 0) is 11.0 Å². The number of alkyl halides is 3. The SMILES string of the molecule is O=C1CCN(c2cnn(-c3ccc(C(F)(F)F)cn3)c(=O)c2Cl)CCN1. The fourth-order valence-electron chi connectivity index (χ4n) is 2.49. The summed E-state index contributed by atoms with van der Waals surface area (Å²) in [6.07, 6.45) is -2.32. The second-order valence-corrected chi connectivity index (χ2v) is 5.93. The number of amides is 1. The van der Waals surface area contributed by atoms with Gasteiger partial charge >= 0.3 is 6.18 Å². The molecular formula is C15H13ClF3N5O2. The number of halogens is 4. The van der Waals surface area contributed by atoms with Crippen LogP contribution in [0.4, 0.5) is 18.9 Å². The van der Waals surface area contributed by atoms with Crippen LogP contribution in [0, 0.1) is 0 Å². The van der Waals surface area contributed by atoms with E-state index >= 15 is 0 Å². The zero-order chi connectivity index (χ0) is 18.9. The summed E-state index contributed by atoms with van der Waals surface area (Å²) in [4.78, 5) is 29.3. The van der Waals surface area contributed by atoms with Gasteiger partial charge in [-0.1, -0.05) is 11.6 Å². The summed E-state index contributed by atoms with van der Waals surface area (Å²) < 4.78 is 38.6. The van der Waals surface area contributed by atoms with Crippen LogP contribution in [0.15, 0.2) is 29.3 Å². The Morgan fingerprint density at radius 3 is 2.58 bits per heavy atom. The van der Waals surface area contributed by atoms with E-state index in [1.54, 1.807) is 4.90 Å². The van der Waals surface area contributed by atoms with Crippen molar-refractivity contribution in [1.29, 1.82) is 0 Å². The minimum absolute atomic E-state index is 0.0795. The van der Waals surface area contributed by atoms with Crippen LogP contribution in [0.2, 0.25) is 5.02 Å². The third-order valence-electron chi connectivity index (χ3n) is 3.85. The summed E-state index contributed by atoms with van der Waals surface area (Å²) in [5.41, 5.74) is -1.28. The number of aromatic nitrogens is 3. The van der Waals surface area contributed by atoms with Crippen LogP contribution >= 0.6 is 11.6 Å². The van der Waals surface area contributed by atoms with Crippen LogP contribution in [0.1, 0.15) is 12.0 Å². The molecule has 0 spiro atoms. The third-order valence-corrected chi connectivity index (χ3v) is 4.20. The van der Waals surface area contributed by atoms with Crippen LogP contribution in [0.5, 0.6) is 0 Å². The molecule has 1 N–H and O–H groups in total. The van der Waals surface area contributed by atoms with E-state index < -0.39 is 17.3 Å². The van der Waals surface area contributed by atoms with Gasteiger partial charge in [0.15, 0.2) is 5.82 Å². The molecule has 3 heterocycles. The van der Waals surface area contributed by atoms with Crippen LogP contribution in [0.25, 0.3) is 5.82 Å². The number of pyridine rings is 1. The molecule has 2 aromatic heterocycles. The molecule has 1 aliphatic heterocycles. The number of carbonyl (C=O) groups is 1. The van der Waals surface area contributed by atoms with Crippen molar-refractivity contribution in [3.8, 4) is 5.82 Å². The lowest BCUT2D eigenvalue weighted by Gasteiger charge is -2.22. The number of nitrogens with one attached hydrogen (secondary N) is 1. The zero-order valence-corrected chi connectivity index (χ0v) is 14.0. The number of nitrogens with zero attached hydrogens (tertiary/aromatic N) is 4. The molecule has 1 saturated heterocycles. The minimum atomic E-state index is -4.52. The Bertz CT molecular complexity index is 882. The fourth-order valence-corrected chi connectivity index (χ4v) is 2.74. The maximum atomic E-state index is 12.6. The molecule has 3 rings (SSSR count). The number of hydrogen-bond acceptors (Lipinski definition) is 5. The van der Waals surface area contributed by atoms with Gasteiger partial charge in [-0.05, 0) is 12.1 Å². The van der Waals surface area contributed by atoms with Crippen LogP contribution in [0.3, 0.4) is 0 Å². The Labute approximate surface area is 150 Å². The van der Waals surface area contributed by atoms with Gasteiger partial charge in [0, 0.05) is 32.3 Å². The molecule has 0 aromatic carbocycles. The molecule has 11 heteroatoms. The highest BCUT2D eigenvalue weighted by molar-refractivity contribution is 6.33. The van der Waals surface area contributed by atoms with Crippen LogP contribution < -0.4 is 15.8 Å². The normalized spacial score (nSPS) is 15.5. The summed E-state index contributed by atoms with van der Waals surface area (Å²) in [5.74, 6) is -0.178. The van der Waals surface area contributed by atoms with Crippen molar-refractivity contribution >= 4 is 23.2 Å². The smallest absolute Gasteiger partial charge is 0.367 e. The first kappa shape index (κ1) is 18.2. The van der Waals surface area contributed by atoms with Gasteiger partial charge < -0.3 is 10.2 Å². The number of anilines is 1. The molecule has 0 radical (unpaired) electrons. The maximum absolute atomic E-state index is 12.6. The maximum Gasteiger partial charge on any atom is 0.417 e. The highest BCUT2D eigenvalue weighted by Crippen LogP contribution is 2.28. The molecule has 0 saturated carbocycles. The van der Waals surface area contributed by atoms with Gasteiger partial charge in [0.05, 0.1) is 17.4 Å². The number of hydrogen-bond donors (Lipinski definition) is 1. The topological polar surface area (TPSA) is 80.1 Å². The van der Waals surface area contributed by atoms with E-state index in [2.05, 4.69) is 15.4 Å². The first-order valence-electron chi connectivity index (χ1n) is 7.60. The van der Waals surface area contributed by atoms with Crippen molar-refractivity contribution in [2.24, 2.45) is 0 Å². The minimum Gasteiger partial charge on any atom is -0.367 e. The summed E-state index contributed by atoms with van der Waals surface area (Å²) >= 11 is 6.15. The molecule has 0 bridgehead atoms. The Morgan fingerprint density at radius 1 is 1.15 bits per heavy atom. The van der Waals surface area contributed by atoms with E-state index in [1.165, 1.54) is 6.20 Å². The van der Waals surface area contributed by atoms with E-state index in [4.69, 9.17) is 11.6 Å². The quantitative estimate of drug-likeness (QED) is 0.847. The first-order chi connectivity index (χ1) is 12.3. The molecular weight excluding hydrogens is 375 g/mol. The van der Waals surface area contributed by atoms with E-state index in [0.29, 0.717) is 31.5 Å². The van der Waals surface area contributed by atoms with Gasteiger partial charge in [-0.3, -0.25) is 9.59 Å². The molecule has 0 unspecified atom stereocenters. The van der Waals surface area contributed by atoms with Crippen molar-refractivity contribution < 1.29 is 18.0 Å². The molecule has 26 heavy (non-hydrogen) atoms. The van der Waals surface area contributed by atoms with E-state index in [0.717, 1.165) is 16.8 Å². The highest BCUT2D eigenvalue weighted by Gasteiger charge is 2.31. The van der Waals surface area contributed by atoms with Crippen molar-refractivity contribution in [1.82, 2.24) is 20.1 Å². The lowest BCUT2D eigenvalue weighted by atomic mass is 10.3. The van der Waals surface area contributed by atoms with Crippen molar-refractivity contribution in [2.75, 3.05) is 24.5 Å². The van der Waals surface area contributed by atoms with Gasteiger partial charge in [-0.2, -0.15) is 23.0 Å². The fraction of sp³-hybridized carbons (Fsp3) is 0.333. The summed E-state index contributed by atoms with van der Waals surface area (Å²) in [5, 5.41) is 6.52. The third kappa shape index (κ3) is 3.64. The average molecular weight is 388 g/mol. The van der Waals surface area contributed by atoms with Crippen molar-refractivity contribution in [3.63, 3.8) is 0 Å². The van der Waals surface area contributed by atoms with E-state index in [9.17, 15) is 22.8 Å². The summed E-state index contributed by atoms with van der Waals surface area (Å²) in [7, 11) is 0. The Morgan fingerprint density at radius 2 is 1.92 bits per heavy atom. The zero-order valence-electron chi connectivity index (χ0n) is 13.3. The van der Waals surface area contributed by atoms with Crippen molar-refractivity contribution in [3.05, 3.63) is 45.5 Å². The summed E-state index contributed by atoms with van der Waals surface area (Å²) in [6.45, 7) is 1.23. The molecule has 1 amide bonds. The largest absolute Gasteiger partial charge is 0.417 e. The second-order valence-electron chi connectivity index (χ2n) is 5.55. The monoisotopic (exact) mass is 387 g/mol. The molecule has 7 nitrogen and oxygen atoms in total. The van der Waals surface area contributed by atoms with Gasteiger partial charge in [0.1, 0.15) is 5.02 Å². The predicted molar refractivity (Wildman–Crippen MR) is 87.5 cm³/mol. The van der Waals surface area contributed by atoms with Gasteiger partial charge in [-0.15, -0.1) is 0 Å². The molecule has 0 atom stereocenters. The summed E-state index contributed by atoms with van der Waals surface area (Å²) in [6, 6.07) is 1.85. The Kier molecular flexibility index (Phi) is 4.86. The molecule has 0 aliphatic carbocycles. The number of carbonyl (C=O) groups excluding carboxylic acids is 1. The molecule has 138 valence electrons. The Balaban J connectivity index is 1.92. The molecule has 1 fully saturated rings. The second kappa shape index (κ2) is 6.94. The first-order valence-corrected chi connectivity index (χ1v) is 7.98. The average Bonchev–Trinajstić information content (AvgIpc) is 2.81. The Hall–Kier alpha value is -2.62. The predicted octanol–water partition coefficient (Wildman–Crippen LogP) is 1.63. The van der Waals surface area contributed by atoms with E-state index in [-0.39, 0.29) is 23.2 Å². The van der Waals surface area contributed by atoms with Gasteiger partial charge in [-0.25, -0.2) is 4.98 Å².